The third kappa shape index (κ3) is 3.97. The van der Waals surface area contributed by atoms with Crippen LogP contribution in [-0.2, 0) is 20.9 Å². The van der Waals surface area contributed by atoms with Crippen LogP contribution in [0.25, 0.3) is 0 Å². The normalized spacial score (nSPS) is 21.7. The smallest absolute Gasteiger partial charge is 0.410 e. The van der Waals surface area contributed by atoms with Gasteiger partial charge in [0.05, 0.1) is 13.0 Å². The first-order valence-electron chi connectivity index (χ1n) is 7.15. The summed E-state index contributed by atoms with van der Waals surface area (Å²) in [6, 6.07) is 9.57. The van der Waals surface area contributed by atoms with Gasteiger partial charge in [-0.05, 0) is 17.9 Å². The van der Waals surface area contributed by atoms with E-state index in [9.17, 15) is 9.59 Å². The third-order valence-corrected chi connectivity index (χ3v) is 3.87. The number of hydrogen-bond acceptors (Lipinski definition) is 4. The number of amides is 1. The van der Waals surface area contributed by atoms with Crippen molar-refractivity contribution in [3.63, 3.8) is 0 Å². The standard InChI is InChI=1S/C16H21NO4/c1-12-10-17(9-8-14(12)15(18)20-2)16(19)21-11-13-6-4-3-5-7-13/h3-7,12,14H,8-11H2,1-2H3. The molecule has 1 heterocycles. The van der Waals surface area contributed by atoms with Crippen molar-refractivity contribution >= 4 is 12.1 Å². The fourth-order valence-corrected chi connectivity index (χ4v) is 2.62. The van der Waals surface area contributed by atoms with Crippen LogP contribution in [0.15, 0.2) is 30.3 Å². The van der Waals surface area contributed by atoms with Crippen molar-refractivity contribution in [3.8, 4) is 0 Å². The Balaban J connectivity index is 1.83. The summed E-state index contributed by atoms with van der Waals surface area (Å²) in [6.45, 7) is 3.27. The maximum Gasteiger partial charge on any atom is 0.410 e. The van der Waals surface area contributed by atoms with E-state index < -0.39 is 0 Å². The Hall–Kier alpha value is -2.04. The van der Waals surface area contributed by atoms with Crippen LogP contribution in [-0.4, -0.2) is 37.2 Å². The second kappa shape index (κ2) is 7.11. The van der Waals surface area contributed by atoms with Gasteiger partial charge in [-0.15, -0.1) is 0 Å². The van der Waals surface area contributed by atoms with Crippen LogP contribution in [0, 0.1) is 11.8 Å². The fraction of sp³-hybridized carbons (Fsp3) is 0.500. The van der Waals surface area contributed by atoms with Gasteiger partial charge in [0.25, 0.3) is 0 Å². The fourth-order valence-electron chi connectivity index (χ4n) is 2.62. The number of methoxy groups -OCH3 is 1. The lowest BCUT2D eigenvalue weighted by Gasteiger charge is -2.34. The van der Waals surface area contributed by atoms with Gasteiger partial charge in [-0.25, -0.2) is 4.79 Å². The van der Waals surface area contributed by atoms with Gasteiger partial charge < -0.3 is 14.4 Å². The number of carbonyl (C=O) groups excluding carboxylic acids is 2. The average molecular weight is 291 g/mol. The van der Waals surface area contributed by atoms with Gasteiger partial charge in [0.2, 0.25) is 0 Å². The van der Waals surface area contributed by atoms with Crippen molar-refractivity contribution in [1.82, 2.24) is 4.90 Å². The summed E-state index contributed by atoms with van der Waals surface area (Å²) in [6.07, 6.45) is 0.294. The van der Waals surface area contributed by atoms with E-state index >= 15 is 0 Å². The number of nitrogens with zero attached hydrogens (tertiary/aromatic N) is 1. The van der Waals surface area contributed by atoms with Crippen LogP contribution in [0.5, 0.6) is 0 Å². The highest BCUT2D eigenvalue weighted by Gasteiger charge is 2.34. The number of hydrogen-bond donors (Lipinski definition) is 0. The molecular formula is C16H21NO4. The van der Waals surface area contributed by atoms with Crippen molar-refractivity contribution in [3.05, 3.63) is 35.9 Å². The molecule has 0 N–H and O–H groups in total. The molecule has 0 aromatic heterocycles. The van der Waals surface area contributed by atoms with Crippen LogP contribution in [0.2, 0.25) is 0 Å². The van der Waals surface area contributed by atoms with Gasteiger partial charge in [0.1, 0.15) is 6.61 Å². The highest BCUT2D eigenvalue weighted by Crippen LogP contribution is 2.24. The van der Waals surface area contributed by atoms with Crippen LogP contribution >= 0.6 is 0 Å². The van der Waals surface area contributed by atoms with E-state index in [1.807, 2.05) is 37.3 Å². The van der Waals surface area contributed by atoms with Crippen LogP contribution < -0.4 is 0 Å². The van der Waals surface area contributed by atoms with Crippen LogP contribution in [0.1, 0.15) is 18.9 Å². The van der Waals surface area contributed by atoms with E-state index in [1.54, 1.807) is 4.90 Å². The van der Waals surface area contributed by atoms with E-state index in [0.717, 1.165) is 5.56 Å². The SMILES string of the molecule is COC(=O)C1CCN(C(=O)OCc2ccccc2)CC1C. The molecule has 0 aliphatic carbocycles. The number of ether oxygens (including phenoxy) is 2. The van der Waals surface area contributed by atoms with E-state index in [-0.39, 0.29) is 30.5 Å². The summed E-state index contributed by atoms with van der Waals surface area (Å²) < 4.78 is 10.1. The van der Waals surface area contributed by atoms with E-state index in [2.05, 4.69) is 0 Å². The maximum atomic E-state index is 12.1. The molecule has 1 aliphatic heterocycles. The summed E-state index contributed by atoms with van der Waals surface area (Å²) >= 11 is 0. The zero-order chi connectivity index (χ0) is 15.2. The van der Waals surface area contributed by atoms with Gasteiger partial charge in [0.15, 0.2) is 0 Å². The molecule has 2 atom stereocenters. The zero-order valence-corrected chi connectivity index (χ0v) is 12.5. The Morgan fingerprint density at radius 2 is 2.00 bits per heavy atom. The monoisotopic (exact) mass is 291 g/mol. The largest absolute Gasteiger partial charge is 0.469 e. The molecule has 0 spiro atoms. The summed E-state index contributed by atoms with van der Waals surface area (Å²) in [4.78, 5) is 25.3. The molecule has 1 aromatic rings. The lowest BCUT2D eigenvalue weighted by molar-refractivity contribution is -0.149. The lowest BCUT2D eigenvalue weighted by Crippen LogP contribution is -2.45. The Kier molecular flexibility index (Phi) is 5.20. The van der Waals surface area contributed by atoms with Gasteiger partial charge in [-0.3, -0.25) is 4.79 Å². The first-order chi connectivity index (χ1) is 10.1. The molecule has 114 valence electrons. The summed E-state index contributed by atoms with van der Waals surface area (Å²) in [5.74, 6) is -0.247. The van der Waals surface area contributed by atoms with Crippen molar-refractivity contribution in [2.75, 3.05) is 20.2 Å². The van der Waals surface area contributed by atoms with Crippen LogP contribution in [0.3, 0.4) is 0 Å². The summed E-state index contributed by atoms with van der Waals surface area (Å²) in [5, 5.41) is 0. The molecule has 5 heteroatoms. The van der Waals surface area contributed by atoms with Gasteiger partial charge >= 0.3 is 12.1 Å². The molecule has 21 heavy (non-hydrogen) atoms. The molecule has 1 saturated heterocycles. The lowest BCUT2D eigenvalue weighted by atomic mass is 9.87. The number of rotatable bonds is 3. The van der Waals surface area contributed by atoms with Crippen molar-refractivity contribution in [2.24, 2.45) is 11.8 Å². The minimum Gasteiger partial charge on any atom is -0.469 e. The quantitative estimate of drug-likeness (QED) is 0.803. The number of likely N-dealkylation sites (tertiary alicyclic amines) is 1. The van der Waals surface area contributed by atoms with Crippen molar-refractivity contribution < 1.29 is 19.1 Å². The molecule has 0 radical (unpaired) electrons. The van der Waals surface area contributed by atoms with Gasteiger partial charge in [0, 0.05) is 13.1 Å². The molecule has 1 amide bonds. The van der Waals surface area contributed by atoms with Crippen molar-refractivity contribution in [2.45, 2.75) is 20.0 Å². The van der Waals surface area contributed by atoms with Crippen molar-refractivity contribution in [1.29, 1.82) is 0 Å². The molecule has 1 aromatic carbocycles. The van der Waals surface area contributed by atoms with E-state index in [4.69, 9.17) is 9.47 Å². The van der Waals surface area contributed by atoms with Crippen LogP contribution in [0.4, 0.5) is 4.79 Å². The molecule has 2 unspecified atom stereocenters. The average Bonchev–Trinajstić information content (AvgIpc) is 2.52. The minimum atomic E-state index is -0.325. The Morgan fingerprint density at radius 3 is 2.62 bits per heavy atom. The van der Waals surface area contributed by atoms with E-state index in [1.165, 1.54) is 7.11 Å². The van der Waals surface area contributed by atoms with E-state index in [0.29, 0.717) is 19.5 Å². The Labute approximate surface area is 124 Å². The molecule has 0 bridgehead atoms. The zero-order valence-electron chi connectivity index (χ0n) is 12.5. The Bertz CT molecular complexity index is 488. The molecule has 1 aliphatic rings. The highest BCUT2D eigenvalue weighted by atomic mass is 16.6. The second-order valence-corrected chi connectivity index (χ2v) is 5.38. The number of piperidine rings is 1. The maximum absolute atomic E-state index is 12.1. The minimum absolute atomic E-state index is 0.0791. The molecule has 0 saturated carbocycles. The summed E-state index contributed by atoms with van der Waals surface area (Å²) in [5.41, 5.74) is 0.961. The molecule has 1 fully saturated rings. The number of carbonyl (C=O) groups is 2. The predicted octanol–water partition coefficient (Wildman–Crippen LogP) is 2.45. The molecule has 2 rings (SSSR count). The summed E-state index contributed by atoms with van der Waals surface area (Å²) in [7, 11) is 1.40. The molecule has 5 nitrogen and oxygen atoms in total. The topological polar surface area (TPSA) is 55.8 Å². The second-order valence-electron chi connectivity index (χ2n) is 5.38. The van der Waals surface area contributed by atoms with Gasteiger partial charge in [-0.1, -0.05) is 37.3 Å². The number of esters is 1. The third-order valence-electron chi connectivity index (χ3n) is 3.87. The highest BCUT2D eigenvalue weighted by molar-refractivity contribution is 5.73. The molecular weight excluding hydrogens is 270 g/mol. The van der Waals surface area contributed by atoms with Gasteiger partial charge in [-0.2, -0.15) is 0 Å². The number of benzene rings is 1. The Morgan fingerprint density at radius 1 is 1.29 bits per heavy atom. The first kappa shape index (κ1) is 15.4. The predicted molar refractivity (Wildman–Crippen MR) is 77.5 cm³/mol. The first-order valence-corrected chi connectivity index (χ1v) is 7.15.